The van der Waals surface area contributed by atoms with Gasteiger partial charge >= 0.3 is 6.03 Å². The Morgan fingerprint density at radius 3 is 2.41 bits per heavy atom. The van der Waals surface area contributed by atoms with Gasteiger partial charge < -0.3 is 24.6 Å². The van der Waals surface area contributed by atoms with Crippen LogP contribution in [0.25, 0.3) is 0 Å². The van der Waals surface area contributed by atoms with Crippen LogP contribution in [0.3, 0.4) is 0 Å². The monoisotopic (exact) mass is 307 g/mol. The first-order valence-electron chi connectivity index (χ1n) is 7.22. The van der Waals surface area contributed by atoms with E-state index in [1.165, 1.54) is 0 Å². The van der Waals surface area contributed by atoms with Gasteiger partial charge in [0.15, 0.2) is 0 Å². The molecule has 0 aromatic heterocycles. The average Bonchev–Trinajstić information content (AvgIpc) is 2.59. The Balaban J connectivity index is 1.63. The lowest BCUT2D eigenvalue weighted by Gasteiger charge is -2.32. The Kier molecular flexibility index (Phi) is 5.88. The van der Waals surface area contributed by atoms with E-state index in [2.05, 4.69) is 5.32 Å². The lowest BCUT2D eigenvalue weighted by atomic mass is 10.3. The van der Waals surface area contributed by atoms with Crippen molar-refractivity contribution in [2.45, 2.75) is 0 Å². The molecule has 7 nitrogen and oxygen atoms in total. The van der Waals surface area contributed by atoms with Crippen LogP contribution in [0.1, 0.15) is 0 Å². The summed E-state index contributed by atoms with van der Waals surface area (Å²) in [5.74, 6) is 1.50. The molecule has 0 aliphatic carbocycles. The minimum atomic E-state index is -0.121. The third-order valence-electron chi connectivity index (χ3n) is 3.46. The van der Waals surface area contributed by atoms with Crippen LogP contribution in [0, 0.1) is 0 Å². The van der Waals surface area contributed by atoms with Gasteiger partial charge in [0.05, 0.1) is 13.7 Å². The Morgan fingerprint density at radius 2 is 1.82 bits per heavy atom. The molecule has 0 atom stereocenters. The van der Waals surface area contributed by atoms with Crippen molar-refractivity contribution in [3.63, 3.8) is 0 Å². The summed E-state index contributed by atoms with van der Waals surface area (Å²) in [5, 5.41) is 2.81. The normalized spacial score (nSPS) is 14.4. The van der Waals surface area contributed by atoms with Crippen molar-refractivity contribution in [1.29, 1.82) is 0 Å². The molecule has 3 amide bonds. The van der Waals surface area contributed by atoms with Crippen molar-refractivity contribution in [2.24, 2.45) is 0 Å². The van der Waals surface area contributed by atoms with Crippen molar-refractivity contribution < 1.29 is 19.1 Å². The topological polar surface area (TPSA) is 71.1 Å². The van der Waals surface area contributed by atoms with Gasteiger partial charge in [-0.1, -0.05) is 0 Å². The van der Waals surface area contributed by atoms with Gasteiger partial charge in [0.1, 0.15) is 18.1 Å². The summed E-state index contributed by atoms with van der Waals surface area (Å²) in [7, 11) is 1.61. The number of hydrogen-bond donors (Lipinski definition) is 1. The lowest BCUT2D eigenvalue weighted by molar-refractivity contribution is -0.119. The number of ether oxygens (including phenoxy) is 2. The number of benzene rings is 1. The number of urea groups is 1. The third-order valence-corrected chi connectivity index (χ3v) is 3.46. The second-order valence-corrected chi connectivity index (χ2v) is 4.88. The van der Waals surface area contributed by atoms with Gasteiger partial charge in [-0.2, -0.15) is 0 Å². The summed E-state index contributed by atoms with van der Waals surface area (Å²) in [5.41, 5.74) is 0. The number of nitrogens with one attached hydrogen (secondary N) is 1. The minimum absolute atomic E-state index is 0.121. The highest BCUT2D eigenvalue weighted by atomic mass is 16.5. The van der Waals surface area contributed by atoms with E-state index in [9.17, 15) is 9.59 Å². The maximum Gasteiger partial charge on any atom is 0.317 e. The highest BCUT2D eigenvalue weighted by Crippen LogP contribution is 2.16. The number of piperazine rings is 1. The number of carbonyl (C=O) groups excluding carboxylic acids is 2. The van der Waals surface area contributed by atoms with E-state index in [-0.39, 0.29) is 6.03 Å². The summed E-state index contributed by atoms with van der Waals surface area (Å²) < 4.78 is 10.6. The quantitative estimate of drug-likeness (QED) is 0.616. The van der Waals surface area contributed by atoms with E-state index in [0.717, 1.165) is 17.9 Å². The fourth-order valence-corrected chi connectivity index (χ4v) is 2.14. The van der Waals surface area contributed by atoms with Crippen molar-refractivity contribution in [3.05, 3.63) is 24.3 Å². The molecule has 0 spiro atoms. The molecule has 1 aromatic rings. The van der Waals surface area contributed by atoms with Crippen molar-refractivity contribution in [2.75, 3.05) is 46.4 Å². The zero-order valence-electron chi connectivity index (χ0n) is 12.7. The molecule has 22 heavy (non-hydrogen) atoms. The van der Waals surface area contributed by atoms with Gasteiger partial charge in [-0.3, -0.25) is 4.79 Å². The molecule has 0 radical (unpaired) electrons. The average molecular weight is 307 g/mol. The number of hydrogen-bond acceptors (Lipinski definition) is 4. The van der Waals surface area contributed by atoms with Crippen LogP contribution in [0.15, 0.2) is 24.3 Å². The summed E-state index contributed by atoms with van der Waals surface area (Å²) in [4.78, 5) is 25.9. The predicted octanol–water partition coefficient (Wildman–Crippen LogP) is 0.558. The summed E-state index contributed by atoms with van der Waals surface area (Å²) in [6.07, 6.45) is 0.817. The van der Waals surface area contributed by atoms with Crippen molar-refractivity contribution in [1.82, 2.24) is 15.1 Å². The Hall–Kier alpha value is -2.44. The van der Waals surface area contributed by atoms with Crippen LogP contribution in [0.2, 0.25) is 0 Å². The summed E-state index contributed by atoms with van der Waals surface area (Å²) in [6, 6.07) is 7.16. The van der Waals surface area contributed by atoms with Crippen LogP contribution < -0.4 is 14.8 Å². The van der Waals surface area contributed by atoms with Crippen molar-refractivity contribution >= 4 is 12.4 Å². The molecular formula is C15H21N3O4. The first-order chi connectivity index (χ1) is 10.7. The molecular weight excluding hydrogens is 286 g/mol. The zero-order valence-corrected chi connectivity index (χ0v) is 12.7. The van der Waals surface area contributed by atoms with Crippen LogP contribution in [-0.2, 0) is 4.79 Å². The van der Waals surface area contributed by atoms with Crippen LogP contribution in [0.5, 0.6) is 11.5 Å². The van der Waals surface area contributed by atoms with Crippen molar-refractivity contribution in [3.8, 4) is 11.5 Å². The summed E-state index contributed by atoms with van der Waals surface area (Å²) >= 11 is 0. The van der Waals surface area contributed by atoms with Gasteiger partial charge in [-0.15, -0.1) is 0 Å². The molecule has 1 aliphatic heterocycles. The van der Waals surface area contributed by atoms with E-state index in [4.69, 9.17) is 9.47 Å². The largest absolute Gasteiger partial charge is 0.497 e. The molecule has 1 fully saturated rings. The van der Waals surface area contributed by atoms with Crippen LogP contribution in [0.4, 0.5) is 4.79 Å². The predicted molar refractivity (Wildman–Crippen MR) is 81.1 cm³/mol. The number of nitrogens with zero attached hydrogens (tertiary/aromatic N) is 2. The third kappa shape index (κ3) is 4.54. The first-order valence-corrected chi connectivity index (χ1v) is 7.22. The molecule has 120 valence electrons. The number of rotatable bonds is 6. The second kappa shape index (κ2) is 8.11. The molecule has 1 N–H and O–H groups in total. The van der Waals surface area contributed by atoms with Crippen LogP contribution in [-0.4, -0.2) is 68.7 Å². The molecule has 1 saturated heterocycles. The number of amides is 3. The number of carbonyl (C=O) groups is 2. The van der Waals surface area contributed by atoms with Gasteiger partial charge in [-0.05, 0) is 24.3 Å². The standard InChI is InChI=1S/C15H21N3O4/c1-21-13-2-4-14(5-3-13)22-11-6-16-15(20)18-9-7-17(12-19)8-10-18/h2-5,12H,6-11H2,1H3,(H,16,20). The fourth-order valence-electron chi connectivity index (χ4n) is 2.14. The van der Waals surface area contributed by atoms with Gasteiger partial charge in [0.2, 0.25) is 6.41 Å². The first kappa shape index (κ1) is 15.9. The fraction of sp³-hybridized carbons (Fsp3) is 0.467. The van der Waals surface area contributed by atoms with Gasteiger partial charge in [-0.25, -0.2) is 4.79 Å². The molecule has 0 bridgehead atoms. The van der Waals surface area contributed by atoms with E-state index in [1.807, 2.05) is 24.3 Å². The van der Waals surface area contributed by atoms with E-state index in [1.54, 1.807) is 16.9 Å². The summed E-state index contributed by atoms with van der Waals surface area (Å²) in [6.45, 7) is 3.11. The molecule has 1 aliphatic rings. The smallest absolute Gasteiger partial charge is 0.317 e. The van der Waals surface area contributed by atoms with Crippen LogP contribution >= 0.6 is 0 Å². The Bertz CT molecular complexity index is 484. The van der Waals surface area contributed by atoms with Gasteiger partial charge in [0.25, 0.3) is 0 Å². The van der Waals surface area contributed by atoms with E-state index in [0.29, 0.717) is 39.3 Å². The molecule has 0 saturated carbocycles. The van der Waals surface area contributed by atoms with E-state index < -0.39 is 0 Å². The Labute approximate surface area is 129 Å². The zero-order chi connectivity index (χ0) is 15.8. The highest BCUT2D eigenvalue weighted by molar-refractivity contribution is 5.74. The molecule has 7 heteroatoms. The molecule has 1 heterocycles. The maximum absolute atomic E-state index is 11.9. The Morgan fingerprint density at radius 1 is 1.18 bits per heavy atom. The lowest BCUT2D eigenvalue weighted by Crippen LogP contribution is -2.51. The minimum Gasteiger partial charge on any atom is -0.497 e. The SMILES string of the molecule is COc1ccc(OCCNC(=O)N2CCN(C=O)CC2)cc1. The highest BCUT2D eigenvalue weighted by Gasteiger charge is 2.19. The molecule has 2 rings (SSSR count). The second-order valence-electron chi connectivity index (χ2n) is 4.88. The van der Waals surface area contributed by atoms with E-state index >= 15 is 0 Å². The molecule has 0 unspecified atom stereocenters. The maximum atomic E-state index is 11.9. The molecule has 1 aromatic carbocycles. The number of methoxy groups -OCH3 is 1. The van der Waals surface area contributed by atoms with Gasteiger partial charge in [0, 0.05) is 26.2 Å².